The Morgan fingerprint density at radius 2 is 2.08 bits per heavy atom. The summed E-state index contributed by atoms with van der Waals surface area (Å²) < 4.78 is 1.73. The minimum absolute atomic E-state index is 0.0982. The molecule has 0 N–H and O–H groups in total. The maximum absolute atomic E-state index is 13.0. The van der Waals surface area contributed by atoms with Crippen molar-refractivity contribution in [1.82, 2.24) is 19.6 Å². The molecule has 128 valence electrons. The van der Waals surface area contributed by atoms with Gasteiger partial charge in [-0.2, -0.15) is 5.10 Å². The molecular formula is C18H23ClN4O. The van der Waals surface area contributed by atoms with E-state index in [9.17, 15) is 4.79 Å². The molecule has 0 aliphatic carbocycles. The second kappa shape index (κ2) is 7.36. The fraction of sp³-hybridized carbons (Fsp3) is 0.444. The van der Waals surface area contributed by atoms with E-state index in [0.717, 1.165) is 19.6 Å². The van der Waals surface area contributed by atoms with Crippen molar-refractivity contribution < 1.29 is 4.79 Å². The molecule has 1 aromatic carbocycles. The molecule has 2 atom stereocenters. The lowest BCUT2D eigenvalue weighted by molar-refractivity contribution is -0.140. The molecule has 24 heavy (non-hydrogen) atoms. The second-order valence-corrected chi connectivity index (χ2v) is 6.94. The van der Waals surface area contributed by atoms with Crippen LogP contribution in [0.4, 0.5) is 0 Å². The van der Waals surface area contributed by atoms with Crippen molar-refractivity contribution >= 4 is 17.5 Å². The molecule has 2 heterocycles. The Kier molecular flexibility index (Phi) is 5.21. The number of hydrogen-bond donors (Lipinski definition) is 0. The number of aromatic nitrogens is 2. The van der Waals surface area contributed by atoms with Crippen LogP contribution in [0.1, 0.15) is 18.5 Å². The molecule has 3 rings (SSSR count). The molecule has 1 amide bonds. The first-order valence-corrected chi connectivity index (χ1v) is 8.64. The van der Waals surface area contributed by atoms with Gasteiger partial charge in [0.1, 0.15) is 0 Å². The first-order chi connectivity index (χ1) is 11.5. The highest BCUT2D eigenvalue weighted by Gasteiger charge is 2.32. The largest absolute Gasteiger partial charge is 0.333 e. The van der Waals surface area contributed by atoms with Gasteiger partial charge in [0, 0.05) is 25.8 Å². The van der Waals surface area contributed by atoms with E-state index in [2.05, 4.69) is 29.2 Å². The third kappa shape index (κ3) is 3.79. The number of benzene rings is 1. The van der Waals surface area contributed by atoms with E-state index in [-0.39, 0.29) is 17.9 Å². The quantitative estimate of drug-likeness (QED) is 0.854. The van der Waals surface area contributed by atoms with E-state index >= 15 is 0 Å². The maximum atomic E-state index is 13.0. The van der Waals surface area contributed by atoms with Gasteiger partial charge in [-0.1, -0.05) is 48.9 Å². The highest BCUT2D eigenvalue weighted by atomic mass is 35.5. The van der Waals surface area contributed by atoms with E-state index in [1.807, 2.05) is 30.0 Å². The van der Waals surface area contributed by atoms with E-state index in [4.69, 9.17) is 11.6 Å². The van der Waals surface area contributed by atoms with Crippen LogP contribution in [0.3, 0.4) is 0 Å². The number of amides is 1. The summed E-state index contributed by atoms with van der Waals surface area (Å²) in [5.74, 6) is 0.0270. The highest BCUT2D eigenvalue weighted by Crippen LogP contribution is 2.26. The van der Waals surface area contributed by atoms with Crippen LogP contribution in [-0.2, 0) is 11.3 Å². The van der Waals surface area contributed by atoms with Gasteiger partial charge in [0.2, 0.25) is 5.91 Å². The predicted octanol–water partition coefficient (Wildman–Crippen LogP) is 2.69. The Bertz CT molecular complexity index is 687. The summed E-state index contributed by atoms with van der Waals surface area (Å²) in [6.07, 6.45) is 3.35. The number of halogens is 1. The van der Waals surface area contributed by atoms with Crippen molar-refractivity contribution in [3.8, 4) is 0 Å². The van der Waals surface area contributed by atoms with Crippen LogP contribution in [-0.4, -0.2) is 52.2 Å². The minimum atomic E-state index is -0.143. The molecule has 1 saturated heterocycles. The van der Waals surface area contributed by atoms with E-state index < -0.39 is 0 Å². The number of nitrogens with zero attached hydrogens (tertiary/aromatic N) is 4. The summed E-state index contributed by atoms with van der Waals surface area (Å²) in [7, 11) is 2.10. The van der Waals surface area contributed by atoms with Gasteiger partial charge in [0.05, 0.1) is 29.7 Å². The van der Waals surface area contributed by atoms with Crippen molar-refractivity contribution in [3.63, 3.8) is 0 Å². The number of likely N-dealkylation sites (N-methyl/N-ethyl adjacent to an activating group) is 1. The van der Waals surface area contributed by atoms with E-state index in [0.29, 0.717) is 11.6 Å². The fourth-order valence-corrected chi connectivity index (χ4v) is 3.38. The molecule has 0 radical (unpaired) electrons. The van der Waals surface area contributed by atoms with E-state index in [1.54, 1.807) is 17.1 Å². The topological polar surface area (TPSA) is 41.4 Å². The Morgan fingerprint density at radius 1 is 1.33 bits per heavy atom. The highest BCUT2D eigenvalue weighted by molar-refractivity contribution is 6.30. The lowest BCUT2D eigenvalue weighted by Gasteiger charge is -2.41. The second-order valence-electron chi connectivity index (χ2n) is 6.50. The van der Waals surface area contributed by atoms with Crippen LogP contribution in [0.25, 0.3) is 0 Å². The van der Waals surface area contributed by atoms with Crippen molar-refractivity contribution in [2.24, 2.45) is 5.92 Å². The summed E-state index contributed by atoms with van der Waals surface area (Å²) in [6.45, 7) is 5.00. The average Bonchev–Trinajstić information content (AvgIpc) is 3.00. The third-order valence-electron chi connectivity index (χ3n) is 4.54. The summed E-state index contributed by atoms with van der Waals surface area (Å²) in [4.78, 5) is 17.3. The predicted molar refractivity (Wildman–Crippen MR) is 94.8 cm³/mol. The molecular weight excluding hydrogens is 324 g/mol. The van der Waals surface area contributed by atoms with Crippen LogP contribution in [0.15, 0.2) is 42.7 Å². The van der Waals surface area contributed by atoms with Crippen LogP contribution in [0.2, 0.25) is 5.02 Å². The normalized spacial score (nSPS) is 20.1. The number of carbonyl (C=O) groups is 1. The monoisotopic (exact) mass is 346 g/mol. The summed E-state index contributed by atoms with van der Waals surface area (Å²) in [5.41, 5.74) is 1.19. The van der Waals surface area contributed by atoms with E-state index in [1.165, 1.54) is 5.56 Å². The van der Waals surface area contributed by atoms with Crippen LogP contribution < -0.4 is 0 Å². The van der Waals surface area contributed by atoms with Gasteiger partial charge in [-0.25, -0.2) is 0 Å². The number of carbonyl (C=O) groups excluding carboxylic acids is 1. The van der Waals surface area contributed by atoms with Crippen molar-refractivity contribution in [3.05, 3.63) is 53.3 Å². The summed E-state index contributed by atoms with van der Waals surface area (Å²) in [6, 6.07) is 10.4. The molecule has 6 heteroatoms. The van der Waals surface area contributed by atoms with Gasteiger partial charge in [0.25, 0.3) is 0 Å². The number of hydrogen-bond acceptors (Lipinski definition) is 3. The molecule has 2 aromatic rings. The Morgan fingerprint density at radius 3 is 2.75 bits per heavy atom. The van der Waals surface area contributed by atoms with Crippen molar-refractivity contribution in [1.29, 1.82) is 0 Å². The Hall–Kier alpha value is -1.85. The van der Waals surface area contributed by atoms with Gasteiger partial charge in [-0.15, -0.1) is 0 Å². The zero-order valence-electron chi connectivity index (χ0n) is 14.1. The fourth-order valence-electron chi connectivity index (χ4n) is 3.22. The average molecular weight is 347 g/mol. The zero-order chi connectivity index (χ0) is 17.1. The van der Waals surface area contributed by atoms with Gasteiger partial charge >= 0.3 is 0 Å². The van der Waals surface area contributed by atoms with Gasteiger partial charge in [0.15, 0.2) is 0 Å². The lowest BCUT2D eigenvalue weighted by atomic mass is 10.00. The zero-order valence-corrected chi connectivity index (χ0v) is 14.9. The number of rotatable bonds is 4. The van der Waals surface area contributed by atoms with Gasteiger partial charge in [-0.3, -0.25) is 9.48 Å². The Balaban J connectivity index is 1.75. The first kappa shape index (κ1) is 17.0. The summed E-state index contributed by atoms with van der Waals surface area (Å²) >= 11 is 5.91. The van der Waals surface area contributed by atoms with Gasteiger partial charge < -0.3 is 9.80 Å². The van der Waals surface area contributed by atoms with Crippen molar-refractivity contribution in [2.75, 3.05) is 26.7 Å². The molecule has 5 nitrogen and oxygen atoms in total. The minimum Gasteiger partial charge on any atom is -0.333 e. The Labute approximate surface area is 147 Å². The standard InChI is InChI=1S/C18H23ClN4O/c1-14(11-22-12-16(19)10-20-22)18(24)23-9-8-21(2)13-17(23)15-6-4-3-5-7-15/h3-7,10,12,14,17H,8-9,11,13H2,1-2H3/t14-,17+/m0/s1. The number of piperazine rings is 1. The molecule has 1 aliphatic rings. The molecule has 0 bridgehead atoms. The molecule has 1 aromatic heterocycles. The van der Waals surface area contributed by atoms with Crippen LogP contribution >= 0.6 is 11.6 Å². The molecule has 0 unspecified atom stereocenters. The molecule has 1 fully saturated rings. The van der Waals surface area contributed by atoms with Crippen LogP contribution in [0, 0.1) is 5.92 Å². The lowest BCUT2D eigenvalue weighted by Crippen LogP contribution is -2.51. The third-order valence-corrected chi connectivity index (χ3v) is 4.73. The summed E-state index contributed by atoms with van der Waals surface area (Å²) in [5, 5.41) is 4.77. The SMILES string of the molecule is C[C@@H](Cn1cc(Cl)cn1)C(=O)N1CCN(C)C[C@@H]1c1ccccc1. The van der Waals surface area contributed by atoms with Gasteiger partial charge in [-0.05, 0) is 12.6 Å². The smallest absolute Gasteiger partial charge is 0.227 e. The van der Waals surface area contributed by atoms with Crippen molar-refractivity contribution in [2.45, 2.75) is 19.5 Å². The van der Waals surface area contributed by atoms with Crippen LogP contribution in [0.5, 0.6) is 0 Å². The first-order valence-electron chi connectivity index (χ1n) is 8.26. The molecule has 1 aliphatic heterocycles. The molecule has 0 saturated carbocycles. The molecule has 0 spiro atoms. The maximum Gasteiger partial charge on any atom is 0.227 e.